The maximum atomic E-state index is 9.31. The molecule has 4 bridgehead atoms. The van der Waals surface area contributed by atoms with Gasteiger partial charge in [0.1, 0.15) is 0 Å². The highest BCUT2D eigenvalue weighted by Gasteiger charge is 2.77. The van der Waals surface area contributed by atoms with Crippen molar-refractivity contribution in [2.75, 3.05) is 6.61 Å². The van der Waals surface area contributed by atoms with E-state index in [2.05, 4.69) is 30.4 Å². The summed E-state index contributed by atoms with van der Waals surface area (Å²) in [5.74, 6) is 0. The minimum absolute atomic E-state index is 0.213. The van der Waals surface area contributed by atoms with Crippen LogP contribution in [0.5, 0.6) is 0 Å². The summed E-state index contributed by atoms with van der Waals surface area (Å²) in [6.45, 7) is 0.213. The maximum absolute atomic E-state index is 9.31. The van der Waals surface area contributed by atoms with Gasteiger partial charge in [-0.25, -0.2) is 0 Å². The molecular weight excluding hydrogens is 160 g/mol. The summed E-state index contributed by atoms with van der Waals surface area (Å²) in [4.78, 5) is 0. The van der Waals surface area contributed by atoms with E-state index >= 15 is 0 Å². The molecule has 1 N–H and O–H groups in total. The van der Waals surface area contributed by atoms with Crippen LogP contribution in [-0.4, -0.2) is 11.7 Å². The predicted octanol–water partition coefficient (Wildman–Crippen LogP) is 1.73. The zero-order valence-corrected chi connectivity index (χ0v) is 7.25. The van der Waals surface area contributed by atoms with Crippen molar-refractivity contribution >= 4 is 0 Å². The highest BCUT2D eigenvalue weighted by atomic mass is 16.3. The fraction of sp³-hybridized carbons (Fsp3) is 0.333. The summed E-state index contributed by atoms with van der Waals surface area (Å²) in [6.07, 6.45) is 12.3. The predicted molar refractivity (Wildman–Crippen MR) is 50.0 cm³/mol. The van der Waals surface area contributed by atoms with Gasteiger partial charge in [0.05, 0.1) is 6.61 Å². The Balaban J connectivity index is 2.03. The molecule has 2 atom stereocenters. The molecule has 5 rings (SSSR count). The fourth-order valence-corrected chi connectivity index (χ4v) is 3.62. The standard InChI is InChI=1S/C12H10O/c13-7-9-2-1-3-11-5-8-4-10(11)12(9,11)6-8/h1-5,13H,6-7H2. The van der Waals surface area contributed by atoms with Gasteiger partial charge in [0.15, 0.2) is 0 Å². The van der Waals surface area contributed by atoms with Crippen LogP contribution in [-0.2, 0) is 0 Å². The Morgan fingerprint density at radius 3 is 3.15 bits per heavy atom. The first-order valence-corrected chi connectivity index (χ1v) is 4.78. The lowest BCUT2D eigenvalue weighted by molar-refractivity contribution is 0.305. The number of aliphatic hydroxyl groups is 1. The zero-order valence-electron chi connectivity index (χ0n) is 7.25. The average Bonchev–Trinajstić information content (AvgIpc) is 2.60. The van der Waals surface area contributed by atoms with Gasteiger partial charge in [-0.3, -0.25) is 0 Å². The van der Waals surface area contributed by atoms with E-state index in [9.17, 15) is 5.11 Å². The van der Waals surface area contributed by atoms with Gasteiger partial charge in [-0.05, 0) is 23.1 Å². The minimum atomic E-state index is 0.213. The van der Waals surface area contributed by atoms with Crippen molar-refractivity contribution in [2.24, 2.45) is 10.8 Å². The number of rotatable bonds is 1. The third-order valence-electron chi connectivity index (χ3n) is 4.14. The van der Waals surface area contributed by atoms with Crippen LogP contribution < -0.4 is 0 Å². The molecule has 2 unspecified atom stereocenters. The summed E-state index contributed by atoms with van der Waals surface area (Å²) in [5.41, 5.74) is 4.68. The van der Waals surface area contributed by atoms with Crippen LogP contribution >= 0.6 is 0 Å². The van der Waals surface area contributed by atoms with Gasteiger partial charge in [0.2, 0.25) is 0 Å². The summed E-state index contributed by atoms with van der Waals surface area (Å²) in [5, 5.41) is 9.31. The molecule has 0 heterocycles. The highest BCUT2D eigenvalue weighted by molar-refractivity contribution is 5.77. The molecule has 0 amide bonds. The Morgan fingerprint density at radius 1 is 1.46 bits per heavy atom. The molecule has 2 spiro atoms. The van der Waals surface area contributed by atoms with E-state index in [0.29, 0.717) is 0 Å². The first-order chi connectivity index (χ1) is 6.33. The van der Waals surface area contributed by atoms with Crippen molar-refractivity contribution in [3.05, 3.63) is 47.1 Å². The van der Waals surface area contributed by atoms with E-state index in [-0.39, 0.29) is 17.4 Å². The van der Waals surface area contributed by atoms with Crippen molar-refractivity contribution < 1.29 is 5.11 Å². The van der Waals surface area contributed by atoms with Crippen molar-refractivity contribution in [3.63, 3.8) is 0 Å². The number of hydrogen-bond donors (Lipinski definition) is 1. The van der Waals surface area contributed by atoms with Gasteiger partial charge in [-0.15, -0.1) is 0 Å². The lowest BCUT2D eigenvalue weighted by Gasteiger charge is -2.19. The molecule has 0 aromatic heterocycles. The normalized spacial score (nSPS) is 47.0. The average molecular weight is 170 g/mol. The van der Waals surface area contributed by atoms with Crippen molar-refractivity contribution in [1.82, 2.24) is 0 Å². The molecule has 0 saturated heterocycles. The minimum Gasteiger partial charge on any atom is -0.392 e. The molecule has 0 aromatic carbocycles. The Kier molecular flexibility index (Phi) is 0.728. The fourth-order valence-electron chi connectivity index (χ4n) is 3.62. The van der Waals surface area contributed by atoms with Crippen LogP contribution in [0, 0.1) is 10.8 Å². The smallest absolute Gasteiger partial charge is 0.0654 e. The lowest BCUT2D eigenvalue weighted by Crippen LogP contribution is -2.14. The van der Waals surface area contributed by atoms with E-state index in [0.717, 1.165) is 6.42 Å². The third kappa shape index (κ3) is 0.395. The molecular formula is C12H10O. The molecule has 1 fully saturated rings. The largest absolute Gasteiger partial charge is 0.392 e. The van der Waals surface area contributed by atoms with Crippen LogP contribution in [0.1, 0.15) is 6.42 Å². The van der Waals surface area contributed by atoms with Crippen molar-refractivity contribution in [1.29, 1.82) is 0 Å². The second kappa shape index (κ2) is 1.48. The Hall–Kier alpha value is -1.08. The molecule has 1 nitrogen and oxygen atoms in total. The molecule has 5 aliphatic carbocycles. The topological polar surface area (TPSA) is 20.2 Å². The van der Waals surface area contributed by atoms with Gasteiger partial charge >= 0.3 is 0 Å². The second-order valence-electron chi connectivity index (χ2n) is 4.44. The van der Waals surface area contributed by atoms with Crippen LogP contribution in [0.4, 0.5) is 0 Å². The van der Waals surface area contributed by atoms with Gasteiger partial charge in [-0.1, -0.05) is 30.4 Å². The Labute approximate surface area is 76.8 Å². The van der Waals surface area contributed by atoms with Crippen LogP contribution in [0.3, 0.4) is 0 Å². The molecule has 0 aliphatic heterocycles. The molecule has 0 radical (unpaired) electrons. The molecule has 1 saturated carbocycles. The maximum Gasteiger partial charge on any atom is 0.0654 e. The quantitative estimate of drug-likeness (QED) is 0.635. The lowest BCUT2D eigenvalue weighted by atomic mass is 9.84. The van der Waals surface area contributed by atoms with Gasteiger partial charge in [-0.2, -0.15) is 0 Å². The monoisotopic (exact) mass is 170 g/mol. The van der Waals surface area contributed by atoms with Gasteiger partial charge < -0.3 is 5.11 Å². The molecule has 5 aliphatic rings. The van der Waals surface area contributed by atoms with Crippen LogP contribution in [0.2, 0.25) is 0 Å². The van der Waals surface area contributed by atoms with E-state index in [1.54, 1.807) is 0 Å². The summed E-state index contributed by atoms with van der Waals surface area (Å²) >= 11 is 0. The SMILES string of the molecule is OCC1=CC=CC23C=C4C=C2C13C4. The van der Waals surface area contributed by atoms with E-state index in [4.69, 9.17) is 0 Å². The van der Waals surface area contributed by atoms with Gasteiger partial charge in [0.25, 0.3) is 0 Å². The second-order valence-corrected chi connectivity index (χ2v) is 4.44. The summed E-state index contributed by atoms with van der Waals surface area (Å²) < 4.78 is 0. The number of allylic oxidation sites excluding steroid dienone is 7. The van der Waals surface area contributed by atoms with Crippen molar-refractivity contribution in [2.45, 2.75) is 6.42 Å². The Bertz CT molecular complexity index is 450. The van der Waals surface area contributed by atoms with E-state index < -0.39 is 0 Å². The first-order valence-electron chi connectivity index (χ1n) is 4.78. The molecule has 64 valence electrons. The van der Waals surface area contributed by atoms with Crippen LogP contribution in [0.15, 0.2) is 47.1 Å². The van der Waals surface area contributed by atoms with Crippen molar-refractivity contribution in [3.8, 4) is 0 Å². The van der Waals surface area contributed by atoms with Gasteiger partial charge in [0, 0.05) is 10.8 Å². The third-order valence-corrected chi connectivity index (χ3v) is 4.14. The zero-order chi connectivity index (χ0) is 8.68. The molecule has 0 aromatic rings. The number of aliphatic hydroxyl groups excluding tert-OH is 1. The highest BCUT2D eigenvalue weighted by Crippen LogP contribution is 2.84. The Morgan fingerprint density at radius 2 is 2.38 bits per heavy atom. The van der Waals surface area contributed by atoms with Crippen LogP contribution in [0.25, 0.3) is 0 Å². The molecule has 1 heteroatoms. The van der Waals surface area contributed by atoms with E-state index in [1.807, 2.05) is 0 Å². The summed E-state index contributed by atoms with van der Waals surface area (Å²) in [6, 6.07) is 0. The number of hydrogen-bond acceptors (Lipinski definition) is 1. The first kappa shape index (κ1) is 6.39. The molecule has 13 heavy (non-hydrogen) atoms. The van der Waals surface area contributed by atoms with E-state index in [1.165, 1.54) is 16.7 Å². The summed E-state index contributed by atoms with van der Waals surface area (Å²) in [7, 11) is 0.